The number of carbonyl (C=O) groups excluding carboxylic acids is 2. The number of unbranched alkanes of at least 4 members (excludes halogenated alkanes) is 9. The highest BCUT2D eigenvalue weighted by Gasteiger charge is 2.47. The summed E-state index contributed by atoms with van der Waals surface area (Å²) >= 11 is 0. The van der Waals surface area contributed by atoms with E-state index in [4.69, 9.17) is 28.4 Å². The molecule has 0 radical (unpaired) electrons. The highest BCUT2D eigenvalue weighted by molar-refractivity contribution is 5.70. The van der Waals surface area contributed by atoms with Gasteiger partial charge in [0.25, 0.3) is 0 Å². The van der Waals surface area contributed by atoms with Crippen molar-refractivity contribution in [3.8, 4) is 0 Å². The van der Waals surface area contributed by atoms with Crippen LogP contribution < -0.4 is 0 Å². The number of aliphatic hydroxyl groups excluding tert-OH is 7. The molecule has 0 aromatic rings. The van der Waals surface area contributed by atoms with Gasteiger partial charge >= 0.3 is 11.9 Å². The molecule has 0 aliphatic carbocycles. The molecule has 2 rings (SSSR count). The van der Waals surface area contributed by atoms with Gasteiger partial charge in [-0.05, 0) is 12.8 Å². The molecule has 276 valence electrons. The van der Waals surface area contributed by atoms with Crippen LogP contribution in [-0.2, 0) is 38.0 Å². The fraction of sp³-hybridized carbons (Fsp3) is 0.938. The number of ether oxygens (including phenoxy) is 6. The summed E-state index contributed by atoms with van der Waals surface area (Å²) < 4.78 is 32.9. The van der Waals surface area contributed by atoms with Gasteiger partial charge in [-0.25, -0.2) is 0 Å². The fourth-order valence-corrected chi connectivity index (χ4v) is 5.33. The van der Waals surface area contributed by atoms with Crippen molar-refractivity contribution in [1.29, 1.82) is 0 Å². The van der Waals surface area contributed by atoms with Gasteiger partial charge in [-0.2, -0.15) is 0 Å². The van der Waals surface area contributed by atoms with Gasteiger partial charge in [0.05, 0.1) is 19.8 Å². The van der Waals surface area contributed by atoms with Gasteiger partial charge in [0.1, 0.15) is 55.4 Å². The van der Waals surface area contributed by atoms with Crippen LogP contribution >= 0.6 is 0 Å². The van der Waals surface area contributed by atoms with Crippen LogP contribution in [0, 0.1) is 0 Å². The van der Waals surface area contributed by atoms with E-state index in [1.54, 1.807) is 0 Å². The average Bonchev–Trinajstić information content (AvgIpc) is 3.06. The second-order valence-corrected chi connectivity index (χ2v) is 12.4. The minimum absolute atomic E-state index is 0.167. The molecule has 2 aliphatic heterocycles. The summed E-state index contributed by atoms with van der Waals surface area (Å²) in [6, 6.07) is 0. The second-order valence-electron chi connectivity index (χ2n) is 12.4. The van der Waals surface area contributed by atoms with E-state index >= 15 is 0 Å². The molecule has 47 heavy (non-hydrogen) atoms. The van der Waals surface area contributed by atoms with E-state index in [9.17, 15) is 45.3 Å². The van der Waals surface area contributed by atoms with Gasteiger partial charge in [-0.1, -0.05) is 71.6 Å². The summed E-state index contributed by atoms with van der Waals surface area (Å²) in [7, 11) is 0. The molecular weight excluding hydrogens is 624 g/mol. The van der Waals surface area contributed by atoms with Crippen LogP contribution in [0.25, 0.3) is 0 Å². The molecule has 15 nitrogen and oxygen atoms in total. The largest absolute Gasteiger partial charge is 0.462 e. The van der Waals surface area contributed by atoms with Gasteiger partial charge < -0.3 is 64.2 Å². The number of hydrogen-bond acceptors (Lipinski definition) is 15. The Morgan fingerprint density at radius 2 is 1.09 bits per heavy atom. The number of hydrogen-bond donors (Lipinski definition) is 7. The Bertz CT molecular complexity index is 860. The molecule has 2 fully saturated rings. The smallest absolute Gasteiger partial charge is 0.306 e. The lowest BCUT2D eigenvalue weighted by atomic mass is 9.98. The maximum absolute atomic E-state index is 12.6. The molecule has 2 saturated heterocycles. The Kier molecular flexibility index (Phi) is 20.4. The zero-order chi connectivity index (χ0) is 34.8. The van der Waals surface area contributed by atoms with E-state index < -0.39 is 92.7 Å². The van der Waals surface area contributed by atoms with Crippen LogP contribution in [0.3, 0.4) is 0 Å². The lowest BCUT2D eigenvalue weighted by Gasteiger charge is -2.42. The standard InChI is InChI=1S/C32H58O15/c1-3-5-7-8-9-10-11-13-15-24(35)45-20(17-42-23(34)14-12-6-4-2)18-43-31-30(41)28(39)26(37)22(47-31)19-44-32-29(40)27(38)25(36)21(16-33)46-32/h20-22,25-33,36-41H,3-19H2,1-2H3/t20-,21-,22-,25+,26+,27+,28+,29-,30-,31-,32+/m1/s1. The van der Waals surface area contributed by atoms with E-state index in [-0.39, 0.29) is 26.1 Å². The molecule has 0 amide bonds. The monoisotopic (exact) mass is 682 g/mol. The zero-order valence-electron chi connectivity index (χ0n) is 27.8. The van der Waals surface area contributed by atoms with Crippen molar-refractivity contribution in [2.75, 3.05) is 26.4 Å². The van der Waals surface area contributed by atoms with Gasteiger partial charge in [0.15, 0.2) is 18.7 Å². The molecule has 0 saturated carbocycles. The van der Waals surface area contributed by atoms with Crippen molar-refractivity contribution in [2.24, 2.45) is 0 Å². The SMILES string of the molecule is CCCCCCCCCCC(=O)O[C@H](COC(=O)CCCCC)CO[C@@H]1O[C@H](CO[C@H]2O[C@H](CO)[C@H](O)[C@H](O)[C@H]2O)[C@H](O)[C@H](O)[C@H]1O. The lowest BCUT2D eigenvalue weighted by molar-refractivity contribution is -0.332. The summed E-state index contributed by atoms with van der Waals surface area (Å²) in [5.74, 6) is -0.960. The van der Waals surface area contributed by atoms with Crippen LogP contribution in [0.5, 0.6) is 0 Å². The second kappa shape index (κ2) is 23.0. The van der Waals surface area contributed by atoms with Crippen molar-refractivity contribution in [3.63, 3.8) is 0 Å². The van der Waals surface area contributed by atoms with E-state index in [2.05, 4.69) is 6.92 Å². The van der Waals surface area contributed by atoms with E-state index in [0.717, 1.165) is 32.1 Å². The molecule has 0 aromatic heterocycles. The summed E-state index contributed by atoms with van der Waals surface area (Å²) in [4.78, 5) is 24.8. The quantitative estimate of drug-likeness (QED) is 0.0563. The van der Waals surface area contributed by atoms with Crippen LogP contribution in [0.2, 0.25) is 0 Å². The summed E-state index contributed by atoms with van der Waals surface area (Å²) in [5, 5.41) is 71.0. The van der Waals surface area contributed by atoms with Gasteiger partial charge in [-0.15, -0.1) is 0 Å². The topological polar surface area (TPSA) is 231 Å². The molecule has 0 spiro atoms. The van der Waals surface area contributed by atoms with E-state index in [0.29, 0.717) is 12.8 Å². The predicted octanol–water partition coefficient (Wildman–Crippen LogP) is 0.193. The predicted molar refractivity (Wildman–Crippen MR) is 165 cm³/mol. The minimum atomic E-state index is -1.75. The molecular formula is C32H58O15. The highest BCUT2D eigenvalue weighted by atomic mass is 16.7. The molecule has 11 atom stereocenters. The molecule has 0 unspecified atom stereocenters. The Balaban J connectivity index is 1.94. The van der Waals surface area contributed by atoms with Crippen LogP contribution in [0.1, 0.15) is 97.3 Å². The Morgan fingerprint density at radius 3 is 1.70 bits per heavy atom. The Labute approximate surface area is 277 Å². The Hall–Kier alpha value is -1.50. The average molecular weight is 683 g/mol. The summed E-state index contributed by atoms with van der Waals surface area (Å²) in [5.41, 5.74) is 0. The number of aliphatic hydroxyl groups is 7. The number of esters is 2. The third kappa shape index (κ3) is 14.5. The molecule has 15 heteroatoms. The van der Waals surface area contributed by atoms with E-state index in [1.807, 2.05) is 6.92 Å². The van der Waals surface area contributed by atoms with Crippen LogP contribution in [0.15, 0.2) is 0 Å². The number of rotatable bonds is 23. The van der Waals surface area contributed by atoms with Crippen LogP contribution in [-0.4, -0.2) is 142 Å². The lowest BCUT2D eigenvalue weighted by Crippen LogP contribution is -2.61. The molecule has 2 aliphatic rings. The van der Waals surface area contributed by atoms with Gasteiger partial charge in [0, 0.05) is 12.8 Å². The summed E-state index contributed by atoms with van der Waals surface area (Å²) in [6.45, 7) is 2.29. The van der Waals surface area contributed by atoms with Gasteiger partial charge in [-0.3, -0.25) is 9.59 Å². The Morgan fingerprint density at radius 1 is 0.596 bits per heavy atom. The molecule has 7 N–H and O–H groups in total. The number of carbonyl (C=O) groups is 2. The highest BCUT2D eigenvalue weighted by Crippen LogP contribution is 2.26. The fourth-order valence-electron chi connectivity index (χ4n) is 5.33. The molecule has 0 aromatic carbocycles. The third-order valence-electron chi connectivity index (χ3n) is 8.34. The first-order chi connectivity index (χ1) is 22.5. The zero-order valence-corrected chi connectivity index (χ0v) is 27.8. The van der Waals surface area contributed by atoms with Crippen molar-refractivity contribution >= 4 is 11.9 Å². The first-order valence-corrected chi connectivity index (χ1v) is 17.1. The van der Waals surface area contributed by atoms with Crippen molar-refractivity contribution < 1.29 is 73.8 Å². The minimum Gasteiger partial charge on any atom is -0.462 e. The van der Waals surface area contributed by atoms with E-state index in [1.165, 1.54) is 25.7 Å². The van der Waals surface area contributed by atoms with Crippen molar-refractivity contribution in [1.82, 2.24) is 0 Å². The normalized spacial score (nSPS) is 31.8. The first kappa shape index (κ1) is 41.7. The van der Waals surface area contributed by atoms with Crippen molar-refractivity contribution in [2.45, 2.75) is 165 Å². The maximum Gasteiger partial charge on any atom is 0.306 e. The summed E-state index contributed by atoms with van der Waals surface area (Å²) in [6.07, 6.45) is -5.56. The maximum atomic E-state index is 12.6. The first-order valence-electron chi connectivity index (χ1n) is 17.1. The third-order valence-corrected chi connectivity index (χ3v) is 8.34. The van der Waals surface area contributed by atoms with Crippen molar-refractivity contribution in [3.05, 3.63) is 0 Å². The van der Waals surface area contributed by atoms with Gasteiger partial charge in [0.2, 0.25) is 0 Å². The molecule has 0 bridgehead atoms. The molecule has 2 heterocycles. The van der Waals surface area contributed by atoms with Crippen LogP contribution in [0.4, 0.5) is 0 Å².